The number of fused-ring (bicyclic) bond motifs is 1. The highest BCUT2D eigenvalue weighted by atomic mass is 35.5. The maximum absolute atomic E-state index is 13.6. The highest BCUT2D eigenvalue weighted by Crippen LogP contribution is 2.36. The SMILES string of the molecule is CCOc1ccc(N(NC)C(=O)c2cnn3c(-c4ccc(Cl)cc4)c(-c4ccccc4Cl)cnc23)cn1. The van der Waals surface area contributed by atoms with E-state index in [0.717, 1.165) is 22.4 Å². The average Bonchev–Trinajstić information content (AvgIpc) is 3.35. The van der Waals surface area contributed by atoms with E-state index in [1.54, 1.807) is 48.2 Å². The fourth-order valence-corrected chi connectivity index (χ4v) is 4.41. The highest BCUT2D eigenvalue weighted by molar-refractivity contribution is 6.33. The first-order valence-electron chi connectivity index (χ1n) is 11.5. The first-order valence-corrected chi connectivity index (χ1v) is 12.3. The molecule has 10 heteroatoms. The highest BCUT2D eigenvalue weighted by Gasteiger charge is 2.25. The number of ether oxygens (including phenoxy) is 1. The summed E-state index contributed by atoms with van der Waals surface area (Å²) in [6.07, 6.45) is 4.78. The van der Waals surface area contributed by atoms with E-state index in [-0.39, 0.29) is 5.91 Å². The number of anilines is 1. The van der Waals surface area contributed by atoms with Crippen molar-refractivity contribution in [1.82, 2.24) is 25.0 Å². The molecule has 0 radical (unpaired) electrons. The van der Waals surface area contributed by atoms with E-state index in [2.05, 4.69) is 20.5 Å². The van der Waals surface area contributed by atoms with Crippen LogP contribution in [0.5, 0.6) is 5.88 Å². The molecule has 0 aliphatic carbocycles. The van der Waals surface area contributed by atoms with Crippen LogP contribution in [0.25, 0.3) is 28.0 Å². The van der Waals surface area contributed by atoms with Gasteiger partial charge >= 0.3 is 0 Å². The molecule has 3 aromatic heterocycles. The van der Waals surface area contributed by atoms with Gasteiger partial charge in [-0.2, -0.15) is 5.10 Å². The van der Waals surface area contributed by atoms with E-state index >= 15 is 0 Å². The molecule has 37 heavy (non-hydrogen) atoms. The second-order valence-corrected chi connectivity index (χ2v) is 8.80. The summed E-state index contributed by atoms with van der Waals surface area (Å²) in [7, 11) is 1.65. The molecule has 1 amide bonds. The Morgan fingerprint density at radius 1 is 0.973 bits per heavy atom. The van der Waals surface area contributed by atoms with Crippen molar-refractivity contribution in [3.8, 4) is 28.3 Å². The summed E-state index contributed by atoms with van der Waals surface area (Å²) >= 11 is 12.7. The van der Waals surface area contributed by atoms with Crippen molar-refractivity contribution in [2.45, 2.75) is 6.92 Å². The first-order chi connectivity index (χ1) is 18.0. The van der Waals surface area contributed by atoms with Gasteiger partial charge in [0.1, 0.15) is 5.56 Å². The molecule has 1 N–H and O–H groups in total. The molecule has 5 aromatic rings. The molecular weight excluding hydrogens is 511 g/mol. The standard InChI is InChI=1S/C27H22Cl2N6O2/c1-3-37-24-13-12-19(14-31-24)34(30-2)27(36)22-16-33-35-25(17-8-10-18(28)11-9-17)21(15-32-26(22)35)20-6-4-5-7-23(20)29/h4-16,30H,3H2,1-2H3. The normalized spacial score (nSPS) is 11.0. The molecule has 3 heterocycles. The maximum atomic E-state index is 13.6. The summed E-state index contributed by atoms with van der Waals surface area (Å²) in [5.41, 5.74) is 7.31. The van der Waals surface area contributed by atoms with Gasteiger partial charge < -0.3 is 4.74 Å². The third-order valence-corrected chi connectivity index (χ3v) is 6.32. The monoisotopic (exact) mass is 532 g/mol. The van der Waals surface area contributed by atoms with E-state index in [4.69, 9.17) is 27.9 Å². The number of hydrogen-bond acceptors (Lipinski definition) is 6. The Labute approximate surface area is 223 Å². The molecule has 0 fully saturated rings. The number of aromatic nitrogens is 4. The quantitative estimate of drug-likeness (QED) is 0.261. The molecule has 0 saturated carbocycles. The van der Waals surface area contributed by atoms with Crippen molar-refractivity contribution in [2.75, 3.05) is 18.7 Å². The molecule has 5 rings (SSSR count). The zero-order valence-electron chi connectivity index (χ0n) is 20.0. The number of pyridine rings is 1. The number of nitrogens with zero attached hydrogens (tertiary/aromatic N) is 5. The van der Waals surface area contributed by atoms with Crippen LogP contribution < -0.4 is 15.2 Å². The second kappa shape index (κ2) is 10.6. The Kier molecular flexibility index (Phi) is 7.05. The summed E-state index contributed by atoms with van der Waals surface area (Å²) in [5.74, 6) is 0.135. The lowest BCUT2D eigenvalue weighted by Gasteiger charge is -2.20. The summed E-state index contributed by atoms with van der Waals surface area (Å²) < 4.78 is 7.06. The number of carbonyl (C=O) groups excluding carboxylic acids is 1. The Bertz CT molecular complexity index is 1570. The fraction of sp³-hybridized carbons (Fsp3) is 0.111. The number of nitrogens with one attached hydrogen (secondary N) is 1. The molecule has 0 aliphatic heterocycles. The van der Waals surface area contributed by atoms with Gasteiger partial charge in [-0.05, 0) is 31.2 Å². The van der Waals surface area contributed by atoms with Gasteiger partial charge in [0.2, 0.25) is 5.88 Å². The molecule has 0 spiro atoms. The van der Waals surface area contributed by atoms with Gasteiger partial charge in [-0.3, -0.25) is 4.79 Å². The smallest absolute Gasteiger partial charge is 0.278 e. The van der Waals surface area contributed by atoms with Crippen LogP contribution in [0.1, 0.15) is 17.3 Å². The van der Waals surface area contributed by atoms with Gasteiger partial charge in [-0.15, -0.1) is 0 Å². The first kappa shape index (κ1) is 24.7. The van der Waals surface area contributed by atoms with E-state index < -0.39 is 0 Å². The fourth-order valence-electron chi connectivity index (χ4n) is 4.05. The number of halogens is 2. The number of amides is 1. The largest absolute Gasteiger partial charge is 0.478 e. The predicted octanol–water partition coefficient (Wildman–Crippen LogP) is 5.95. The minimum Gasteiger partial charge on any atom is -0.478 e. The van der Waals surface area contributed by atoms with Crippen LogP contribution in [0.3, 0.4) is 0 Å². The number of carbonyl (C=O) groups is 1. The number of rotatable bonds is 7. The number of hydrogen-bond donors (Lipinski definition) is 1. The van der Waals surface area contributed by atoms with Gasteiger partial charge in [-0.25, -0.2) is 24.9 Å². The Hall–Kier alpha value is -3.98. The maximum Gasteiger partial charge on any atom is 0.278 e. The van der Waals surface area contributed by atoms with Crippen molar-refractivity contribution in [3.05, 3.63) is 94.9 Å². The molecule has 0 bridgehead atoms. The molecular formula is C27H22Cl2N6O2. The minimum atomic E-state index is -0.344. The van der Waals surface area contributed by atoms with E-state index in [0.29, 0.717) is 39.4 Å². The van der Waals surface area contributed by atoms with Crippen molar-refractivity contribution < 1.29 is 9.53 Å². The summed E-state index contributed by atoms with van der Waals surface area (Å²) in [5, 5.41) is 7.14. The molecule has 0 aliphatic rings. The van der Waals surface area contributed by atoms with Gasteiger partial charge in [0, 0.05) is 46.0 Å². The Balaban J connectivity index is 1.64. The van der Waals surface area contributed by atoms with Gasteiger partial charge in [0.25, 0.3) is 5.91 Å². The van der Waals surface area contributed by atoms with Crippen LogP contribution in [0.15, 0.2) is 79.3 Å². The molecule has 186 valence electrons. The van der Waals surface area contributed by atoms with Crippen LogP contribution in [0, 0.1) is 0 Å². The van der Waals surface area contributed by atoms with Gasteiger partial charge in [0.05, 0.1) is 30.4 Å². The molecule has 0 unspecified atom stereocenters. The number of benzene rings is 2. The lowest BCUT2D eigenvalue weighted by molar-refractivity contribution is 0.0978. The van der Waals surface area contributed by atoms with Gasteiger partial charge in [0.15, 0.2) is 5.65 Å². The van der Waals surface area contributed by atoms with Crippen molar-refractivity contribution >= 4 is 40.4 Å². The molecule has 0 atom stereocenters. The Morgan fingerprint density at radius 2 is 1.76 bits per heavy atom. The van der Waals surface area contributed by atoms with Crippen molar-refractivity contribution in [3.63, 3.8) is 0 Å². The van der Waals surface area contributed by atoms with Crippen LogP contribution in [0.4, 0.5) is 5.69 Å². The molecule has 0 saturated heterocycles. The lowest BCUT2D eigenvalue weighted by Crippen LogP contribution is -2.40. The van der Waals surface area contributed by atoms with Crippen LogP contribution in [-0.2, 0) is 0 Å². The third-order valence-electron chi connectivity index (χ3n) is 5.74. The van der Waals surface area contributed by atoms with Crippen LogP contribution in [0.2, 0.25) is 10.0 Å². The zero-order chi connectivity index (χ0) is 25.9. The van der Waals surface area contributed by atoms with Crippen molar-refractivity contribution in [1.29, 1.82) is 0 Å². The zero-order valence-corrected chi connectivity index (χ0v) is 21.5. The third kappa shape index (κ3) is 4.74. The predicted molar refractivity (Wildman–Crippen MR) is 145 cm³/mol. The summed E-state index contributed by atoms with van der Waals surface area (Å²) in [6, 6.07) is 18.4. The molecule has 2 aromatic carbocycles. The number of hydrazine groups is 1. The van der Waals surface area contributed by atoms with Crippen LogP contribution in [-0.4, -0.2) is 39.1 Å². The van der Waals surface area contributed by atoms with E-state index in [1.165, 1.54) is 11.2 Å². The summed E-state index contributed by atoms with van der Waals surface area (Å²) in [4.78, 5) is 22.5. The summed E-state index contributed by atoms with van der Waals surface area (Å²) in [6.45, 7) is 2.38. The van der Waals surface area contributed by atoms with E-state index in [9.17, 15) is 4.79 Å². The Morgan fingerprint density at radius 3 is 2.43 bits per heavy atom. The topological polar surface area (TPSA) is 84.7 Å². The second-order valence-electron chi connectivity index (χ2n) is 7.95. The molecule has 8 nitrogen and oxygen atoms in total. The van der Waals surface area contributed by atoms with Crippen molar-refractivity contribution in [2.24, 2.45) is 0 Å². The average molecular weight is 533 g/mol. The van der Waals surface area contributed by atoms with Gasteiger partial charge in [-0.1, -0.05) is 53.5 Å². The lowest BCUT2D eigenvalue weighted by atomic mass is 10.0. The van der Waals surface area contributed by atoms with Crippen LogP contribution >= 0.6 is 23.2 Å². The minimum absolute atomic E-state index is 0.309. The van der Waals surface area contributed by atoms with E-state index in [1.807, 2.05) is 43.3 Å².